The zero-order valence-electron chi connectivity index (χ0n) is 12.6. The van der Waals surface area contributed by atoms with E-state index in [-0.39, 0.29) is 29.2 Å². The molecule has 122 valence electrons. The SMILES string of the molecule is CN(C(=O)CN1C(=O)c2ccccc2C1=O)[C@@H]1CCS(=O)(=O)C1. The lowest BCUT2D eigenvalue weighted by atomic mass is 10.1. The van der Waals surface area contributed by atoms with Gasteiger partial charge in [0.1, 0.15) is 6.54 Å². The van der Waals surface area contributed by atoms with Crippen LogP contribution in [0.2, 0.25) is 0 Å². The number of benzene rings is 1. The number of sulfone groups is 1. The number of hydrogen-bond donors (Lipinski definition) is 0. The summed E-state index contributed by atoms with van der Waals surface area (Å²) in [4.78, 5) is 39.0. The van der Waals surface area contributed by atoms with Crippen LogP contribution in [0.4, 0.5) is 0 Å². The first kappa shape index (κ1) is 15.7. The molecule has 2 heterocycles. The van der Waals surface area contributed by atoms with Crippen LogP contribution in [-0.4, -0.2) is 67.1 Å². The van der Waals surface area contributed by atoms with Crippen molar-refractivity contribution in [3.05, 3.63) is 35.4 Å². The number of imide groups is 1. The summed E-state index contributed by atoms with van der Waals surface area (Å²) in [6.07, 6.45) is 0.382. The van der Waals surface area contributed by atoms with E-state index in [0.717, 1.165) is 4.90 Å². The monoisotopic (exact) mass is 336 g/mol. The molecule has 0 saturated carbocycles. The Labute approximate surface area is 133 Å². The molecule has 1 fully saturated rings. The zero-order chi connectivity index (χ0) is 16.8. The average molecular weight is 336 g/mol. The van der Waals surface area contributed by atoms with E-state index in [1.54, 1.807) is 24.3 Å². The highest BCUT2D eigenvalue weighted by molar-refractivity contribution is 7.91. The molecule has 0 unspecified atom stereocenters. The number of rotatable bonds is 3. The lowest BCUT2D eigenvalue weighted by Crippen LogP contribution is -2.45. The molecule has 0 radical (unpaired) electrons. The molecule has 3 rings (SSSR count). The first-order valence-electron chi connectivity index (χ1n) is 7.21. The second-order valence-corrected chi connectivity index (χ2v) is 8.03. The summed E-state index contributed by atoms with van der Waals surface area (Å²) in [6, 6.07) is 6.01. The van der Waals surface area contributed by atoms with Gasteiger partial charge in [-0.1, -0.05) is 12.1 Å². The van der Waals surface area contributed by atoms with Crippen molar-refractivity contribution in [1.29, 1.82) is 0 Å². The molecular formula is C15H16N2O5S. The van der Waals surface area contributed by atoms with Gasteiger partial charge in [0.2, 0.25) is 5.91 Å². The van der Waals surface area contributed by atoms with Crippen molar-refractivity contribution in [2.24, 2.45) is 0 Å². The summed E-state index contributed by atoms with van der Waals surface area (Å²) in [5.74, 6) is -1.45. The van der Waals surface area contributed by atoms with Crippen molar-refractivity contribution in [3.63, 3.8) is 0 Å². The Balaban J connectivity index is 1.72. The molecule has 1 aromatic rings. The Hall–Kier alpha value is -2.22. The van der Waals surface area contributed by atoms with E-state index in [4.69, 9.17) is 0 Å². The highest BCUT2D eigenvalue weighted by Gasteiger charge is 2.38. The maximum atomic E-state index is 12.3. The third kappa shape index (κ3) is 2.74. The summed E-state index contributed by atoms with van der Waals surface area (Å²) in [5.41, 5.74) is 0.577. The Kier molecular flexibility index (Phi) is 3.71. The normalized spacial score (nSPS) is 22.3. The minimum absolute atomic E-state index is 0.0578. The van der Waals surface area contributed by atoms with Gasteiger partial charge < -0.3 is 4.90 Å². The molecule has 3 amide bonds. The van der Waals surface area contributed by atoms with Crippen LogP contribution in [0.25, 0.3) is 0 Å². The van der Waals surface area contributed by atoms with Gasteiger partial charge in [-0.2, -0.15) is 0 Å². The predicted octanol–water partition coefficient (Wildman–Crippen LogP) is -0.0719. The third-order valence-electron chi connectivity index (χ3n) is 4.32. The largest absolute Gasteiger partial charge is 0.340 e. The molecule has 1 aromatic carbocycles. The lowest BCUT2D eigenvalue weighted by molar-refractivity contribution is -0.131. The van der Waals surface area contributed by atoms with Gasteiger partial charge in [-0.25, -0.2) is 8.42 Å². The van der Waals surface area contributed by atoms with Gasteiger partial charge in [-0.15, -0.1) is 0 Å². The van der Waals surface area contributed by atoms with Gasteiger partial charge in [0.05, 0.1) is 22.6 Å². The standard InChI is InChI=1S/C15H16N2O5S/c1-16(10-6-7-23(21,22)9-10)13(18)8-17-14(19)11-4-2-3-5-12(11)15(17)20/h2-5,10H,6-9H2,1H3/t10-/m1/s1. The van der Waals surface area contributed by atoms with Crippen LogP contribution in [0.1, 0.15) is 27.1 Å². The van der Waals surface area contributed by atoms with Crippen LogP contribution in [0.15, 0.2) is 24.3 Å². The maximum Gasteiger partial charge on any atom is 0.262 e. The van der Waals surface area contributed by atoms with Crippen LogP contribution in [0, 0.1) is 0 Å². The van der Waals surface area contributed by atoms with Gasteiger partial charge in [0.15, 0.2) is 9.84 Å². The van der Waals surface area contributed by atoms with E-state index in [9.17, 15) is 22.8 Å². The second kappa shape index (κ2) is 5.45. The smallest absolute Gasteiger partial charge is 0.262 e. The van der Waals surface area contributed by atoms with Crippen molar-refractivity contribution in [2.45, 2.75) is 12.5 Å². The first-order chi connectivity index (χ1) is 10.8. The number of amides is 3. The van der Waals surface area contributed by atoms with Gasteiger partial charge >= 0.3 is 0 Å². The van der Waals surface area contributed by atoms with Gasteiger partial charge in [-0.05, 0) is 18.6 Å². The van der Waals surface area contributed by atoms with Crippen molar-refractivity contribution >= 4 is 27.6 Å². The van der Waals surface area contributed by atoms with E-state index in [1.165, 1.54) is 11.9 Å². The average Bonchev–Trinajstić information content (AvgIpc) is 3.00. The molecule has 8 heteroatoms. The Morgan fingerprint density at radius 2 is 1.78 bits per heavy atom. The molecule has 0 N–H and O–H groups in total. The summed E-state index contributed by atoms with van der Waals surface area (Å²) < 4.78 is 23.0. The van der Waals surface area contributed by atoms with Crippen molar-refractivity contribution in [2.75, 3.05) is 25.1 Å². The summed E-state index contributed by atoms with van der Waals surface area (Å²) in [7, 11) is -1.60. The molecule has 1 atom stereocenters. The lowest BCUT2D eigenvalue weighted by Gasteiger charge is -2.25. The van der Waals surface area contributed by atoms with Gasteiger partial charge in [0, 0.05) is 13.1 Å². The quantitative estimate of drug-likeness (QED) is 0.721. The number of hydrogen-bond acceptors (Lipinski definition) is 5. The number of nitrogens with zero attached hydrogens (tertiary/aromatic N) is 2. The van der Waals surface area contributed by atoms with Crippen LogP contribution in [0.3, 0.4) is 0 Å². The minimum atomic E-state index is -3.11. The topological polar surface area (TPSA) is 91.8 Å². The third-order valence-corrected chi connectivity index (χ3v) is 6.07. The fourth-order valence-electron chi connectivity index (χ4n) is 2.91. The number of carbonyl (C=O) groups is 3. The van der Waals surface area contributed by atoms with Crippen molar-refractivity contribution in [3.8, 4) is 0 Å². The molecule has 0 bridgehead atoms. The Bertz CT molecular complexity index is 767. The fraction of sp³-hybridized carbons (Fsp3) is 0.400. The van der Waals surface area contributed by atoms with Crippen LogP contribution >= 0.6 is 0 Å². The molecule has 0 aliphatic carbocycles. The van der Waals surface area contributed by atoms with Gasteiger partial charge in [-0.3, -0.25) is 19.3 Å². The summed E-state index contributed by atoms with van der Waals surface area (Å²) in [5, 5.41) is 0. The molecule has 2 aliphatic rings. The minimum Gasteiger partial charge on any atom is -0.340 e. The van der Waals surface area contributed by atoms with Crippen molar-refractivity contribution in [1.82, 2.24) is 9.80 Å². The second-order valence-electron chi connectivity index (χ2n) is 5.80. The van der Waals surface area contributed by atoms with E-state index in [0.29, 0.717) is 6.42 Å². The summed E-state index contributed by atoms with van der Waals surface area (Å²) in [6.45, 7) is -0.376. The first-order valence-corrected chi connectivity index (χ1v) is 9.03. The zero-order valence-corrected chi connectivity index (χ0v) is 13.4. The Morgan fingerprint density at radius 3 is 2.26 bits per heavy atom. The molecule has 2 aliphatic heterocycles. The molecule has 23 heavy (non-hydrogen) atoms. The molecule has 0 spiro atoms. The molecule has 1 saturated heterocycles. The van der Waals surface area contributed by atoms with Crippen LogP contribution < -0.4 is 0 Å². The summed E-state index contributed by atoms with van der Waals surface area (Å²) >= 11 is 0. The van der Waals surface area contributed by atoms with Crippen molar-refractivity contribution < 1.29 is 22.8 Å². The Morgan fingerprint density at radius 1 is 1.22 bits per heavy atom. The number of likely N-dealkylation sites (N-methyl/N-ethyl adjacent to an activating group) is 1. The highest BCUT2D eigenvalue weighted by Crippen LogP contribution is 2.23. The van der Waals surface area contributed by atoms with E-state index in [2.05, 4.69) is 0 Å². The van der Waals surface area contributed by atoms with Gasteiger partial charge in [0.25, 0.3) is 11.8 Å². The molecule has 7 nitrogen and oxygen atoms in total. The molecule has 0 aromatic heterocycles. The number of carbonyl (C=O) groups excluding carboxylic acids is 3. The van der Waals surface area contributed by atoms with E-state index < -0.39 is 33.6 Å². The fourth-order valence-corrected chi connectivity index (χ4v) is 4.69. The van der Waals surface area contributed by atoms with E-state index >= 15 is 0 Å². The number of fused-ring (bicyclic) bond motifs is 1. The van der Waals surface area contributed by atoms with E-state index in [1.807, 2.05) is 0 Å². The maximum absolute atomic E-state index is 12.3. The molecular weight excluding hydrogens is 320 g/mol. The van der Waals surface area contributed by atoms with Crippen LogP contribution in [-0.2, 0) is 14.6 Å². The predicted molar refractivity (Wildman–Crippen MR) is 81.6 cm³/mol. The highest BCUT2D eigenvalue weighted by atomic mass is 32.2. The van der Waals surface area contributed by atoms with Crippen LogP contribution in [0.5, 0.6) is 0 Å².